The number of methoxy groups -OCH3 is 1. The number of ether oxygens (including phenoxy) is 2. The Morgan fingerprint density at radius 2 is 2.30 bits per heavy atom. The van der Waals surface area contributed by atoms with Crippen molar-refractivity contribution in [3.05, 3.63) is 11.1 Å². The van der Waals surface area contributed by atoms with Crippen LogP contribution in [0.15, 0.2) is 5.38 Å². The van der Waals surface area contributed by atoms with E-state index in [0.717, 1.165) is 51.5 Å². The normalized spacial score (nSPS) is 16.0. The quantitative estimate of drug-likeness (QED) is 0.672. The molecule has 1 aromatic heterocycles. The third-order valence-electron chi connectivity index (χ3n) is 3.59. The summed E-state index contributed by atoms with van der Waals surface area (Å²) in [6.07, 6.45) is 0.918. The van der Waals surface area contributed by atoms with E-state index >= 15 is 0 Å². The van der Waals surface area contributed by atoms with Crippen molar-refractivity contribution in [3.8, 4) is 0 Å². The van der Waals surface area contributed by atoms with Gasteiger partial charge in [-0.15, -0.1) is 11.3 Å². The molecule has 0 atom stereocenters. The van der Waals surface area contributed by atoms with Gasteiger partial charge in [0, 0.05) is 45.3 Å². The van der Waals surface area contributed by atoms with E-state index in [2.05, 4.69) is 15.2 Å². The van der Waals surface area contributed by atoms with Gasteiger partial charge in [-0.05, 0) is 13.5 Å². The number of carbonyl (C=O) groups is 1. The van der Waals surface area contributed by atoms with Gasteiger partial charge in [-0.25, -0.2) is 4.98 Å². The van der Waals surface area contributed by atoms with Crippen molar-refractivity contribution < 1.29 is 14.3 Å². The van der Waals surface area contributed by atoms with Gasteiger partial charge in [0.25, 0.3) is 0 Å². The number of rotatable bonds is 9. The number of nitrogens with one attached hydrogen (secondary N) is 1. The summed E-state index contributed by atoms with van der Waals surface area (Å²) in [7, 11) is 3.62. The van der Waals surface area contributed by atoms with Crippen LogP contribution < -0.4 is 5.32 Å². The minimum Gasteiger partial charge on any atom is -0.385 e. The van der Waals surface area contributed by atoms with Crippen LogP contribution >= 0.6 is 11.3 Å². The fourth-order valence-electron chi connectivity index (χ4n) is 2.39. The largest absolute Gasteiger partial charge is 0.385 e. The summed E-state index contributed by atoms with van der Waals surface area (Å²) in [6, 6.07) is 0. The zero-order valence-electron chi connectivity index (χ0n) is 13.9. The van der Waals surface area contributed by atoms with Gasteiger partial charge in [0.2, 0.25) is 5.91 Å². The zero-order valence-corrected chi connectivity index (χ0v) is 14.7. The number of amides is 1. The predicted molar refractivity (Wildman–Crippen MR) is 90.8 cm³/mol. The number of nitrogens with zero attached hydrogens (tertiary/aromatic N) is 3. The van der Waals surface area contributed by atoms with Crippen molar-refractivity contribution in [3.63, 3.8) is 0 Å². The first-order valence-corrected chi connectivity index (χ1v) is 8.77. The third-order valence-corrected chi connectivity index (χ3v) is 4.40. The highest BCUT2D eigenvalue weighted by Gasteiger charge is 2.14. The molecule has 0 aliphatic carbocycles. The molecular formula is C15H26N4O3S. The average molecular weight is 342 g/mol. The first-order chi connectivity index (χ1) is 11.2. The van der Waals surface area contributed by atoms with Gasteiger partial charge in [-0.2, -0.15) is 0 Å². The molecule has 1 N–H and O–H groups in total. The van der Waals surface area contributed by atoms with Gasteiger partial charge in [0.1, 0.15) is 0 Å². The summed E-state index contributed by atoms with van der Waals surface area (Å²) >= 11 is 1.48. The molecule has 0 spiro atoms. The fraction of sp³-hybridized carbons (Fsp3) is 0.733. The van der Waals surface area contributed by atoms with E-state index in [-0.39, 0.29) is 5.91 Å². The van der Waals surface area contributed by atoms with Crippen LogP contribution in [0.4, 0.5) is 5.13 Å². The summed E-state index contributed by atoms with van der Waals surface area (Å²) in [5, 5.41) is 5.55. The Morgan fingerprint density at radius 1 is 1.52 bits per heavy atom. The molecule has 1 aliphatic rings. The highest BCUT2D eigenvalue weighted by Crippen LogP contribution is 2.17. The lowest BCUT2D eigenvalue weighted by atomic mass is 10.4. The van der Waals surface area contributed by atoms with Crippen LogP contribution in [-0.4, -0.2) is 80.8 Å². The molecule has 0 unspecified atom stereocenters. The Labute approximate surface area is 141 Å². The number of hydrogen-bond donors (Lipinski definition) is 1. The molecule has 0 saturated carbocycles. The van der Waals surface area contributed by atoms with Crippen molar-refractivity contribution in [1.82, 2.24) is 14.8 Å². The molecule has 0 radical (unpaired) electrons. The smallest absolute Gasteiger partial charge is 0.240 e. The van der Waals surface area contributed by atoms with Crippen LogP contribution in [0.5, 0.6) is 0 Å². The van der Waals surface area contributed by atoms with Crippen molar-refractivity contribution >= 4 is 22.4 Å². The van der Waals surface area contributed by atoms with Gasteiger partial charge in [0.15, 0.2) is 5.13 Å². The Hall–Kier alpha value is -1.06. The Balaban J connectivity index is 1.71. The Kier molecular flexibility index (Phi) is 7.90. The van der Waals surface area contributed by atoms with Gasteiger partial charge in [-0.3, -0.25) is 14.6 Å². The predicted octanol–water partition coefficient (Wildman–Crippen LogP) is 0.882. The number of aromatic nitrogens is 1. The number of anilines is 1. The van der Waals surface area contributed by atoms with E-state index in [0.29, 0.717) is 18.3 Å². The molecule has 23 heavy (non-hydrogen) atoms. The first-order valence-electron chi connectivity index (χ1n) is 7.89. The monoisotopic (exact) mass is 342 g/mol. The molecule has 7 nitrogen and oxygen atoms in total. The molecule has 1 saturated heterocycles. The highest BCUT2D eigenvalue weighted by molar-refractivity contribution is 7.13. The zero-order chi connectivity index (χ0) is 16.5. The summed E-state index contributed by atoms with van der Waals surface area (Å²) in [6.45, 7) is 6.16. The molecule has 2 heterocycles. The standard InChI is InChI=1S/C15H26N4O3S/c1-18(4-3-7-21-2)11-14(20)17-15-16-13(12-23-15)10-19-5-8-22-9-6-19/h12H,3-11H2,1-2H3,(H,16,17,20). The lowest BCUT2D eigenvalue weighted by Gasteiger charge is -2.25. The van der Waals surface area contributed by atoms with E-state index in [9.17, 15) is 4.79 Å². The third kappa shape index (κ3) is 6.92. The van der Waals surface area contributed by atoms with E-state index in [1.54, 1.807) is 7.11 Å². The molecule has 1 fully saturated rings. The van der Waals surface area contributed by atoms with Crippen LogP contribution in [0, 0.1) is 0 Å². The molecule has 1 aliphatic heterocycles. The van der Waals surface area contributed by atoms with Crippen LogP contribution in [-0.2, 0) is 20.8 Å². The maximum absolute atomic E-state index is 12.0. The van der Waals surface area contributed by atoms with Crippen molar-refractivity contribution in [2.24, 2.45) is 0 Å². The second kappa shape index (κ2) is 9.94. The SMILES string of the molecule is COCCCN(C)CC(=O)Nc1nc(CN2CCOCC2)cs1. The molecular weight excluding hydrogens is 316 g/mol. The minimum atomic E-state index is -0.0304. The maximum atomic E-state index is 12.0. The maximum Gasteiger partial charge on any atom is 0.240 e. The molecule has 8 heteroatoms. The van der Waals surface area contributed by atoms with E-state index < -0.39 is 0 Å². The van der Waals surface area contributed by atoms with E-state index in [4.69, 9.17) is 9.47 Å². The van der Waals surface area contributed by atoms with Crippen molar-refractivity contribution in [2.45, 2.75) is 13.0 Å². The summed E-state index contributed by atoms with van der Waals surface area (Å²) in [5.41, 5.74) is 1.00. The van der Waals surface area contributed by atoms with Gasteiger partial charge >= 0.3 is 0 Å². The van der Waals surface area contributed by atoms with Crippen molar-refractivity contribution in [1.29, 1.82) is 0 Å². The second-order valence-electron chi connectivity index (χ2n) is 5.66. The lowest BCUT2D eigenvalue weighted by molar-refractivity contribution is -0.117. The summed E-state index contributed by atoms with van der Waals surface area (Å²) in [4.78, 5) is 20.8. The number of morpholine rings is 1. The van der Waals surface area contributed by atoms with Gasteiger partial charge in [-0.1, -0.05) is 0 Å². The van der Waals surface area contributed by atoms with E-state index in [1.165, 1.54) is 11.3 Å². The lowest BCUT2D eigenvalue weighted by Crippen LogP contribution is -2.35. The summed E-state index contributed by atoms with van der Waals surface area (Å²) < 4.78 is 10.3. The molecule has 1 amide bonds. The molecule has 0 aromatic carbocycles. The van der Waals surface area contributed by atoms with Gasteiger partial charge < -0.3 is 14.8 Å². The van der Waals surface area contributed by atoms with Crippen LogP contribution in [0.1, 0.15) is 12.1 Å². The molecule has 130 valence electrons. The first kappa shape index (κ1) is 18.3. The number of likely N-dealkylation sites (N-methyl/N-ethyl adjacent to an activating group) is 1. The Bertz CT molecular complexity index is 477. The van der Waals surface area contributed by atoms with Gasteiger partial charge in [0.05, 0.1) is 25.5 Å². The van der Waals surface area contributed by atoms with Crippen LogP contribution in [0.25, 0.3) is 0 Å². The fourth-order valence-corrected chi connectivity index (χ4v) is 3.10. The number of thiazole rings is 1. The molecule has 2 rings (SSSR count). The van der Waals surface area contributed by atoms with Crippen LogP contribution in [0.2, 0.25) is 0 Å². The van der Waals surface area contributed by atoms with E-state index in [1.807, 2.05) is 17.3 Å². The molecule has 1 aromatic rings. The number of hydrogen-bond acceptors (Lipinski definition) is 7. The average Bonchev–Trinajstić information content (AvgIpc) is 2.95. The minimum absolute atomic E-state index is 0.0304. The Morgan fingerprint density at radius 3 is 3.04 bits per heavy atom. The highest BCUT2D eigenvalue weighted by atomic mass is 32.1. The second-order valence-corrected chi connectivity index (χ2v) is 6.52. The number of carbonyl (C=O) groups excluding carboxylic acids is 1. The molecule has 0 bridgehead atoms. The topological polar surface area (TPSA) is 66.9 Å². The van der Waals surface area contributed by atoms with Crippen molar-refractivity contribution in [2.75, 3.05) is 65.5 Å². The summed E-state index contributed by atoms with van der Waals surface area (Å²) in [5.74, 6) is -0.0304. The van der Waals surface area contributed by atoms with Crippen LogP contribution in [0.3, 0.4) is 0 Å².